The van der Waals surface area contributed by atoms with Crippen LogP contribution in [0.25, 0.3) is 11.3 Å². The summed E-state index contributed by atoms with van der Waals surface area (Å²) in [6, 6.07) is 9.82. The zero-order valence-electron chi connectivity index (χ0n) is 13.5. The number of nitrogens with zero attached hydrogens (tertiary/aromatic N) is 2. The van der Waals surface area contributed by atoms with Gasteiger partial charge in [-0.3, -0.25) is 4.79 Å². The second kappa shape index (κ2) is 7.00. The fraction of sp³-hybridized carbons (Fsp3) is 0.353. The minimum absolute atomic E-state index is 0.173. The first kappa shape index (κ1) is 16.4. The van der Waals surface area contributed by atoms with E-state index in [1.54, 1.807) is 16.2 Å². The summed E-state index contributed by atoms with van der Waals surface area (Å²) in [4.78, 5) is 30.8. The molecule has 3 rings (SSSR count). The number of hydrogen-bond donors (Lipinski definition) is 2. The first-order valence-corrected chi connectivity index (χ1v) is 8.70. The number of rotatable bonds is 4. The van der Waals surface area contributed by atoms with Crippen LogP contribution >= 0.6 is 11.3 Å². The van der Waals surface area contributed by atoms with E-state index in [4.69, 9.17) is 5.73 Å². The van der Waals surface area contributed by atoms with E-state index >= 15 is 0 Å². The summed E-state index contributed by atoms with van der Waals surface area (Å²) < 4.78 is 0. The fourth-order valence-electron chi connectivity index (χ4n) is 2.83. The standard InChI is InChI=1S/C17H20N4O2S/c1-11-15(12-5-3-2-4-6-12)20-14(24-11)9-19-17(23)21-8-7-13(10-21)16(18)22/h2-6,13H,7-10H2,1H3,(H2,18,22)(H,19,23)/t13-/m0/s1. The number of primary amides is 1. The van der Waals surface area contributed by atoms with E-state index in [-0.39, 0.29) is 17.9 Å². The molecule has 1 saturated heterocycles. The highest BCUT2D eigenvalue weighted by molar-refractivity contribution is 7.12. The highest BCUT2D eigenvalue weighted by Gasteiger charge is 2.29. The molecule has 0 unspecified atom stereocenters. The molecule has 1 aliphatic heterocycles. The van der Waals surface area contributed by atoms with E-state index in [9.17, 15) is 9.59 Å². The van der Waals surface area contributed by atoms with Crippen molar-refractivity contribution >= 4 is 23.3 Å². The third-order valence-corrected chi connectivity index (χ3v) is 5.13. The van der Waals surface area contributed by atoms with E-state index in [0.717, 1.165) is 21.1 Å². The second-order valence-electron chi connectivity index (χ2n) is 5.87. The van der Waals surface area contributed by atoms with Crippen LogP contribution in [0.2, 0.25) is 0 Å². The van der Waals surface area contributed by atoms with Crippen LogP contribution in [0.3, 0.4) is 0 Å². The van der Waals surface area contributed by atoms with Gasteiger partial charge in [0, 0.05) is 23.5 Å². The molecule has 0 saturated carbocycles. The molecule has 6 nitrogen and oxygen atoms in total. The van der Waals surface area contributed by atoms with Gasteiger partial charge in [0.15, 0.2) is 0 Å². The number of likely N-dealkylation sites (tertiary alicyclic amines) is 1. The molecule has 1 aliphatic rings. The van der Waals surface area contributed by atoms with Crippen LogP contribution in [-0.4, -0.2) is 34.9 Å². The van der Waals surface area contributed by atoms with Gasteiger partial charge in [-0.2, -0.15) is 0 Å². The molecular formula is C17H20N4O2S. The summed E-state index contributed by atoms with van der Waals surface area (Å²) in [6.07, 6.45) is 0.636. The molecule has 3 amide bonds. The molecule has 24 heavy (non-hydrogen) atoms. The minimum atomic E-state index is -0.339. The summed E-state index contributed by atoms with van der Waals surface area (Å²) in [7, 11) is 0. The average Bonchev–Trinajstić information content (AvgIpc) is 3.20. The lowest BCUT2D eigenvalue weighted by atomic mass is 10.1. The molecular weight excluding hydrogens is 324 g/mol. The number of aromatic nitrogens is 1. The molecule has 0 spiro atoms. The quantitative estimate of drug-likeness (QED) is 0.890. The van der Waals surface area contributed by atoms with Crippen molar-refractivity contribution in [2.75, 3.05) is 13.1 Å². The molecule has 2 aromatic rings. The van der Waals surface area contributed by atoms with E-state index in [1.165, 1.54) is 0 Å². The molecule has 1 aromatic carbocycles. The highest BCUT2D eigenvalue weighted by Crippen LogP contribution is 2.27. The van der Waals surface area contributed by atoms with E-state index in [1.807, 2.05) is 37.3 Å². The van der Waals surface area contributed by atoms with Crippen LogP contribution < -0.4 is 11.1 Å². The van der Waals surface area contributed by atoms with Crippen LogP contribution in [-0.2, 0) is 11.3 Å². The summed E-state index contributed by atoms with van der Waals surface area (Å²) in [5.74, 6) is -0.573. The Balaban J connectivity index is 1.60. The number of carbonyl (C=O) groups is 2. The van der Waals surface area contributed by atoms with Crippen molar-refractivity contribution in [2.45, 2.75) is 19.9 Å². The second-order valence-corrected chi connectivity index (χ2v) is 7.16. The van der Waals surface area contributed by atoms with Crippen LogP contribution in [0.4, 0.5) is 4.79 Å². The molecule has 0 bridgehead atoms. The van der Waals surface area contributed by atoms with Gasteiger partial charge in [0.1, 0.15) is 5.01 Å². The van der Waals surface area contributed by atoms with Crippen molar-refractivity contribution in [1.29, 1.82) is 0 Å². The van der Waals surface area contributed by atoms with Gasteiger partial charge in [-0.15, -0.1) is 11.3 Å². The Kier molecular flexibility index (Phi) is 4.80. The predicted octanol–water partition coefficient (Wildman–Crippen LogP) is 2.14. The SMILES string of the molecule is Cc1sc(CNC(=O)N2CC[C@H](C(N)=O)C2)nc1-c1ccccc1. The van der Waals surface area contributed by atoms with Crippen molar-refractivity contribution < 1.29 is 9.59 Å². The van der Waals surface area contributed by atoms with Crippen molar-refractivity contribution in [3.05, 3.63) is 40.2 Å². The first-order chi connectivity index (χ1) is 11.5. The van der Waals surface area contributed by atoms with Gasteiger partial charge in [-0.05, 0) is 13.3 Å². The maximum absolute atomic E-state index is 12.2. The number of aryl methyl sites for hydroxylation is 1. The van der Waals surface area contributed by atoms with Gasteiger partial charge >= 0.3 is 6.03 Å². The molecule has 2 heterocycles. The van der Waals surface area contributed by atoms with Crippen molar-refractivity contribution in [3.63, 3.8) is 0 Å². The zero-order chi connectivity index (χ0) is 17.1. The minimum Gasteiger partial charge on any atom is -0.369 e. The van der Waals surface area contributed by atoms with Gasteiger partial charge in [0.05, 0.1) is 18.2 Å². The maximum Gasteiger partial charge on any atom is 0.317 e. The third kappa shape index (κ3) is 3.56. The molecule has 1 atom stereocenters. The first-order valence-electron chi connectivity index (χ1n) is 7.88. The van der Waals surface area contributed by atoms with E-state index in [0.29, 0.717) is 26.1 Å². The Labute approximate surface area is 144 Å². The Hall–Kier alpha value is -2.41. The van der Waals surface area contributed by atoms with Crippen molar-refractivity contribution in [2.24, 2.45) is 11.7 Å². The topological polar surface area (TPSA) is 88.3 Å². The predicted molar refractivity (Wildman–Crippen MR) is 93.4 cm³/mol. The smallest absolute Gasteiger partial charge is 0.317 e. The summed E-state index contributed by atoms with van der Waals surface area (Å²) in [6.45, 7) is 3.37. The Bertz CT molecular complexity index is 744. The lowest BCUT2D eigenvalue weighted by molar-refractivity contribution is -0.121. The number of nitrogens with one attached hydrogen (secondary N) is 1. The number of thiazole rings is 1. The van der Waals surface area contributed by atoms with Gasteiger partial charge in [0.2, 0.25) is 5.91 Å². The third-order valence-electron chi connectivity index (χ3n) is 4.16. The van der Waals surface area contributed by atoms with Crippen LogP contribution in [0.1, 0.15) is 16.3 Å². The molecule has 7 heteroatoms. The van der Waals surface area contributed by atoms with Gasteiger partial charge in [0.25, 0.3) is 0 Å². The van der Waals surface area contributed by atoms with Crippen LogP contribution in [0.15, 0.2) is 30.3 Å². The molecule has 3 N–H and O–H groups in total. The van der Waals surface area contributed by atoms with Crippen molar-refractivity contribution in [1.82, 2.24) is 15.2 Å². The van der Waals surface area contributed by atoms with Gasteiger partial charge < -0.3 is 16.0 Å². The fourth-order valence-corrected chi connectivity index (χ4v) is 3.73. The largest absolute Gasteiger partial charge is 0.369 e. The molecule has 0 aliphatic carbocycles. The van der Waals surface area contributed by atoms with E-state index < -0.39 is 0 Å². The number of hydrogen-bond acceptors (Lipinski definition) is 4. The highest BCUT2D eigenvalue weighted by atomic mass is 32.1. The molecule has 1 aromatic heterocycles. The number of nitrogens with two attached hydrogens (primary N) is 1. The molecule has 1 fully saturated rings. The lowest BCUT2D eigenvalue weighted by Crippen LogP contribution is -2.39. The van der Waals surface area contributed by atoms with E-state index in [2.05, 4.69) is 10.3 Å². The Morgan fingerprint density at radius 1 is 1.38 bits per heavy atom. The molecule has 126 valence electrons. The van der Waals surface area contributed by atoms with Gasteiger partial charge in [-0.25, -0.2) is 9.78 Å². The van der Waals surface area contributed by atoms with Gasteiger partial charge in [-0.1, -0.05) is 30.3 Å². The summed E-state index contributed by atoms with van der Waals surface area (Å²) in [5, 5.41) is 3.74. The van der Waals surface area contributed by atoms with Crippen molar-refractivity contribution in [3.8, 4) is 11.3 Å². The van der Waals surface area contributed by atoms with Crippen LogP contribution in [0, 0.1) is 12.8 Å². The monoisotopic (exact) mass is 344 g/mol. The Morgan fingerprint density at radius 2 is 2.12 bits per heavy atom. The average molecular weight is 344 g/mol. The number of benzene rings is 1. The summed E-state index contributed by atoms with van der Waals surface area (Å²) in [5.41, 5.74) is 7.33. The van der Waals surface area contributed by atoms with Crippen LogP contribution in [0.5, 0.6) is 0 Å². The Morgan fingerprint density at radius 3 is 2.79 bits per heavy atom. The molecule has 0 radical (unpaired) electrons. The normalized spacial score (nSPS) is 17.0. The zero-order valence-corrected chi connectivity index (χ0v) is 14.3. The number of carbonyl (C=O) groups excluding carboxylic acids is 2. The lowest BCUT2D eigenvalue weighted by Gasteiger charge is -2.16. The number of urea groups is 1. The number of amides is 3. The maximum atomic E-state index is 12.2. The summed E-state index contributed by atoms with van der Waals surface area (Å²) >= 11 is 1.58.